The lowest BCUT2D eigenvalue weighted by Crippen LogP contribution is -1.95. The number of hydrogen-bond acceptors (Lipinski definition) is 1. The molecule has 2 heteroatoms. The molecule has 1 heterocycles. The van der Waals surface area contributed by atoms with Crippen LogP contribution in [0.4, 0.5) is 0 Å². The predicted molar refractivity (Wildman–Crippen MR) is 138 cm³/mol. The van der Waals surface area contributed by atoms with Crippen molar-refractivity contribution in [2.45, 2.75) is 0 Å². The summed E-state index contributed by atoms with van der Waals surface area (Å²) in [6.45, 7) is 0. The molecule has 0 aliphatic carbocycles. The number of aromatic nitrogens is 1. The zero-order chi connectivity index (χ0) is 21.9. The van der Waals surface area contributed by atoms with E-state index in [1.165, 1.54) is 48.6 Å². The fourth-order valence-corrected chi connectivity index (χ4v) is 5.43. The first kappa shape index (κ1) is 18.0. The monoisotopic (exact) mass is 418 g/mol. The number of benzene rings is 6. The molecule has 152 valence electrons. The van der Waals surface area contributed by atoms with Gasteiger partial charge in [0.25, 0.3) is 0 Å². The van der Waals surface area contributed by atoms with Gasteiger partial charge in [0.15, 0.2) is 0 Å². The number of rotatable bonds is 1. The highest BCUT2D eigenvalue weighted by Gasteiger charge is 2.19. The van der Waals surface area contributed by atoms with Gasteiger partial charge in [0.05, 0.1) is 22.7 Å². The highest BCUT2D eigenvalue weighted by Crippen LogP contribution is 2.44. The molecule has 0 saturated carbocycles. The highest BCUT2D eigenvalue weighted by atomic mass is 15.0. The summed E-state index contributed by atoms with van der Waals surface area (Å²) >= 11 is 0. The summed E-state index contributed by atoms with van der Waals surface area (Å²) in [5.74, 6) is 0. The van der Waals surface area contributed by atoms with E-state index in [1.54, 1.807) is 0 Å². The Kier molecular flexibility index (Phi) is 3.65. The van der Waals surface area contributed by atoms with Crippen LogP contribution in [-0.4, -0.2) is 4.57 Å². The summed E-state index contributed by atoms with van der Waals surface area (Å²) in [6, 6.07) is 40.6. The third kappa shape index (κ3) is 2.42. The van der Waals surface area contributed by atoms with Crippen LogP contribution in [0.5, 0.6) is 0 Å². The second kappa shape index (κ2) is 6.69. The molecule has 0 fully saturated rings. The Labute approximate surface area is 190 Å². The molecular weight excluding hydrogens is 400 g/mol. The summed E-state index contributed by atoms with van der Waals surface area (Å²) in [7, 11) is 0. The van der Waals surface area contributed by atoms with E-state index in [2.05, 4.69) is 102 Å². The topological polar surface area (TPSA) is 28.7 Å². The number of nitriles is 1. The largest absolute Gasteiger partial charge is 0.309 e. The Hall–Kier alpha value is -4.61. The highest BCUT2D eigenvalue weighted by molar-refractivity contribution is 6.35. The zero-order valence-corrected chi connectivity index (χ0v) is 17.8. The first-order valence-corrected chi connectivity index (χ1v) is 11.1. The van der Waals surface area contributed by atoms with Gasteiger partial charge >= 0.3 is 0 Å². The Morgan fingerprint density at radius 1 is 0.545 bits per heavy atom. The van der Waals surface area contributed by atoms with Crippen LogP contribution in [0.3, 0.4) is 0 Å². The molecule has 6 aromatic carbocycles. The van der Waals surface area contributed by atoms with Gasteiger partial charge in [-0.25, -0.2) is 0 Å². The van der Waals surface area contributed by atoms with Gasteiger partial charge in [0.1, 0.15) is 0 Å². The second-order valence-electron chi connectivity index (χ2n) is 8.49. The first-order chi connectivity index (χ1) is 16.3. The van der Waals surface area contributed by atoms with Crippen molar-refractivity contribution in [2.75, 3.05) is 0 Å². The van der Waals surface area contributed by atoms with Crippen molar-refractivity contribution in [1.82, 2.24) is 4.57 Å². The molecule has 0 aliphatic heterocycles. The van der Waals surface area contributed by atoms with E-state index in [0.29, 0.717) is 5.56 Å². The molecule has 2 nitrogen and oxygen atoms in total. The average Bonchev–Trinajstić information content (AvgIpc) is 3.24. The number of nitrogens with zero attached hydrogens (tertiary/aromatic N) is 2. The van der Waals surface area contributed by atoms with Crippen LogP contribution >= 0.6 is 0 Å². The summed E-state index contributed by atoms with van der Waals surface area (Å²) in [5.41, 5.74) is 4.00. The quantitative estimate of drug-likeness (QED) is 0.247. The smallest absolute Gasteiger partial charge is 0.0992 e. The molecule has 0 saturated heterocycles. The first-order valence-electron chi connectivity index (χ1n) is 11.1. The number of para-hydroxylation sites is 1. The molecule has 7 rings (SSSR count). The van der Waals surface area contributed by atoms with Gasteiger partial charge in [-0.2, -0.15) is 5.26 Å². The van der Waals surface area contributed by atoms with Crippen molar-refractivity contribution < 1.29 is 0 Å². The molecule has 0 bridgehead atoms. The minimum absolute atomic E-state index is 0.661. The van der Waals surface area contributed by atoms with Crippen molar-refractivity contribution in [3.8, 4) is 11.8 Å². The van der Waals surface area contributed by atoms with Crippen LogP contribution in [0.25, 0.3) is 59.8 Å². The van der Waals surface area contributed by atoms with Crippen molar-refractivity contribution in [2.24, 2.45) is 0 Å². The average molecular weight is 418 g/mol. The van der Waals surface area contributed by atoms with Gasteiger partial charge in [-0.15, -0.1) is 0 Å². The van der Waals surface area contributed by atoms with Gasteiger partial charge in [0.2, 0.25) is 0 Å². The van der Waals surface area contributed by atoms with Gasteiger partial charge in [0, 0.05) is 21.8 Å². The Balaban J connectivity index is 1.85. The predicted octanol–water partition coefficient (Wildman–Crippen LogP) is 8.11. The molecule has 0 amide bonds. The Morgan fingerprint density at radius 2 is 1.24 bits per heavy atom. The van der Waals surface area contributed by atoms with E-state index in [9.17, 15) is 5.26 Å². The fourth-order valence-electron chi connectivity index (χ4n) is 5.43. The second-order valence-corrected chi connectivity index (χ2v) is 8.49. The third-order valence-electron chi connectivity index (χ3n) is 6.76. The van der Waals surface area contributed by atoms with Crippen LogP contribution in [0.15, 0.2) is 109 Å². The van der Waals surface area contributed by atoms with Crippen molar-refractivity contribution in [3.05, 3.63) is 115 Å². The SMILES string of the molecule is N#Cc1cccc(-n2c3ccccc3c3c4ccccc4c4c5ccccc5ccc4c32)c1. The van der Waals surface area contributed by atoms with Crippen molar-refractivity contribution in [3.63, 3.8) is 0 Å². The Morgan fingerprint density at radius 3 is 2.06 bits per heavy atom. The normalized spacial score (nSPS) is 11.6. The van der Waals surface area contributed by atoms with Gasteiger partial charge in [-0.3, -0.25) is 0 Å². The molecule has 7 aromatic rings. The number of hydrogen-bond donors (Lipinski definition) is 0. The van der Waals surface area contributed by atoms with Crippen LogP contribution in [0.1, 0.15) is 5.56 Å². The third-order valence-corrected chi connectivity index (χ3v) is 6.76. The van der Waals surface area contributed by atoms with Gasteiger partial charge in [-0.1, -0.05) is 84.9 Å². The van der Waals surface area contributed by atoms with E-state index in [0.717, 1.165) is 11.2 Å². The maximum absolute atomic E-state index is 9.56. The molecule has 0 unspecified atom stereocenters. The molecule has 0 spiro atoms. The summed E-state index contributed by atoms with van der Waals surface area (Å²) in [4.78, 5) is 0. The lowest BCUT2D eigenvalue weighted by Gasteiger charge is -2.14. The minimum atomic E-state index is 0.661. The molecule has 0 atom stereocenters. The lowest BCUT2D eigenvalue weighted by molar-refractivity contribution is 1.18. The van der Waals surface area contributed by atoms with E-state index in [-0.39, 0.29) is 0 Å². The van der Waals surface area contributed by atoms with Crippen molar-refractivity contribution >= 4 is 54.1 Å². The van der Waals surface area contributed by atoms with Gasteiger partial charge < -0.3 is 4.57 Å². The lowest BCUT2D eigenvalue weighted by atomic mass is 9.93. The minimum Gasteiger partial charge on any atom is -0.309 e. The fraction of sp³-hybridized carbons (Fsp3) is 0. The molecule has 0 radical (unpaired) electrons. The molecule has 0 aliphatic rings. The van der Waals surface area contributed by atoms with Crippen LogP contribution in [-0.2, 0) is 0 Å². The Bertz CT molecular complexity index is 1930. The molecule has 1 aromatic heterocycles. The van der Waals surface area contributed by atoms with E-state index in [1.807, 2.05) is 18.2 Å². The van der Waals surface area contributed by atoms with Crippen LogP contribution in [0, 0.1) is 11.3 Å². The van der Waals surface area contributed by atoms with E-state index >= 15 is 0 Å². The zero-order valence-electron chi connectivity index (χ0n) is 17.8. The van der Waals surface area contributed by atoms with Crippen LogP contribution < -0.4 is 0 Å². The van der Waals surface area contributed by atoms with Crippen molar-refractivity contribution in [1.29, 1.82) is 5.26 Å². The molecule has 0 N–H and O–H groups in total. The summed E-state index contributed by atoms with van der Waals surface area (Å²) < 4.78 is 2.33. The van der Waals surface area contributed by atoms with E-state index < -0.39 is 0 Å². The van der Waals surface area contributed by atoms with Gasteiger partial charge in [-0.05, 0) is 51.2 Å². The summed E-state index contributed by atoms with van der Waals surface area (Å²) in [6.07, 6.45) is 0. The molecule has 33 heavy (non-hydrogen) atoms. The maximum atomic E-state index is 9.56. The number of fused-ring (bicyclic) bond motifs is 10. The molecular formula is C31H18N2. The van der Waals surface area contributed by atoms with Crippen LogP contribution in [0.2, 0.25) is 0 Å². The van der Waals surface area contributed by atoms with E-state index in [4.69, 9.17) is 0 Å². The summed E-state index contributed by atoms with van der Waals surface area (Å²) in [5, 5.41) is 19.6. The maximum Gasteiger partial charge on any atom is 0.0992 e. The standard InChI is InChI=1S/C31H18N2/c32-19-20-8-7-10-22(18-20)33-28-15-6-5-14-26(28)30-25-13-4-3-12-24(25)29-23-11-2-1-9-21(23)16-17-27(29)31(30)33/h1-18H.